The van der Waals surface area contributed by atoms with Crippen LogP contribution in [0.1, 0.15) is 32.6 Å². The Balaban J connectivity index is 2.61. The van der Waals surface area contributed by atoms with Crippen molar-refractivity contribution in [1.82, 2.24) is 15.1 Å². The predicted octanol–water partition coefficient (Wildman–Crippen LogP) is 0.873. The number of hydrogen-bond donors (Lipinski definition) is 3. The Hall–Kier alpha value is -2.35. The first-order valence-electron chi connectivity index (χ1n) is 7.61. The average molecular weight is 324 g/mol. The van der Waals surface area contributed by atoms with Crippen molar-refractivity contribution in [3.63, 3.8) is 0 Å². The fourth-order valence-electron chi connectivity index (χ4n) is 2.08. The summed E-state index contributed by atoms with van der Waals surface area (Å²) in [5, 5.41) is 9.77. The second-order valence-corrected chi connectivity index (χ2v) is 5.40. The zero-order chi connectivity index (χ0) is 17.2. The number of unbranched alkanes of at least 4 members (excludes halogenated alkanes) is 2. The van der Waals surface area contributed by atoms with E-state index < -0.39 is 5.92 Å². The van der Waals surface area contributed by atoms with E-state index >= 15 is 0 Å². The van der Waals surface area contributed by atoms with Crippen LogP contribution >= 0.6 is 0 Å². The van der Waals surface area contributed by atoms with Gasteiger partial charge in [0.2, 0.25) is 12.3 Å². The van der Waals surface area contributed by atoms with Crippen molar-refractivity contribution in [1.29, 1.82) is 0 Å². The Labute approximate surface area is 135 Å². The second-order valence-electron chi connectivity index (χ2n) is 5.40. The van der Waals surface area contributed by atoms with Gasteiger partial charge in [-0.3, -0.25) is 30.4 Å². The fourth-order valence-corrected chi connectivity index (χ4v) is 2.08. The van der Waals surface area contributed by atoms with Gasteiger partial charge in [-0.1, -0.05) is 26.2 Å². The van der Waals surface area contributed by atoms with Crippen molar-refractivity contribution < 1.29 is 14.8 Å². The summed E-state index contributed by atoms with van der Waals surface area (Å²) in [4.78, 5) is 34.2. The topological polar surface area (TPSA) is 104 Å². The van der Waals surface area contributed by atoms with Gasteiger partial charge >= 0.3 is 0 Å². The highest BCUT2D eigenvalue weighted by atomic mass is 16.5. The molecule has 8 nitrogen and oxygen atoms in total. The molecule has 1 rings (SSSR count). The number of aryl methyl sites for hydroxylation is 1. The Morgan fingerprint density at radius 2 is 2.22 bits per heavy atom. The zero-order valence-electron chi connectivity index (χ0n) is 13.5. The molecule has 0 aliphatic heterocycles. The summed E-state index contributed by atoms with van der Waals surface area (Å²) < 4.78 is 1.41. The van der Waals surface area contributed by atoms with Gasteiger partial charge in [-0.2, -0.15) is 0 Å². The van der Waals surface area contributed by atoms with Crippen LogP contribution in [0.5, 0.6) is 0 Å². The molecular weight excluding hydrogens is 300 g/mol. The molecule has 1 aromatic rings. The lowest BCUT2D eigenvalue weighted by atomic mass is 10.0. The first-order chi connectivity index (χ1) is 11.0. The Bertz CT molecular complexity index is 573. The van der Waals surface area contributed by atoms with Crippen LogP contribution in [0, 0.1) is 5.92 Å². The summed E-state index contributed by atoms with van der Waals surface area (Å²) in [6.45, 7) is 1.98. The molecule has 0 radical (unpaired) electrons. The van der Waals surface area contributed by atoms with Gasteiger partial charge in [-0.05, 0) is 12.5 Å². The first kappa shape index (κ1) is 18.7. The number of amides is 2. The molecule has 23 heavy (non-hydrogen) atoms. The number of pyridine rings is 1. The number of hydrogen-bond acceptors (Lipinski definition) is 5. The van der Waals surface area contributed by atoms with Gasteiger partial charge in [0.1, 0.15) is 0 Å². The molecule has 0 aromatic carbocycles. The fraction of sp³-hybridized carbons (Fsp3) is 0.533. The quantitative estimate of drug-likeness (QED) is 0.256. The predicted molar refractivity (Wildman–Crippen MR) is 85.6 cm³/mol. The highest BCUT2D eigenvalue weighted by molar-refractivity contribution is 5.80. The molecule has 1 unspecified atom stereocenters. The van der Waals surface area contributed by atoms with Crippen LogP contribution in [0.25, 0.3) is 0 Å². The standard InChI is InChI=1S/C15H24N4O4/c1-3-4-5-6-12(10-19(23)11-20)15(22)17-16-13-7-8-18(2)14(21)9-13/h7-9,11-12,16,23H,3-6,10H2,1-2H3,(H,17,22). The molecule has 1 aromatic heterocycles. The van der Waals surface area contributed by atoms with Gasteiger partial charge < -0.3 is 4.57 Å². The largest absolute Gasteiger partial charge is 0.318 e. The number of nitrogens with one attached hydrogen (secondary N) is 2. The number of nitrogens with zero attached hydrogens (tertiary/aromatic N) is 2. The Kier molecular flexibility index (Phi) is 7.82. The second kappa shape index (κ2) is 9.62. The summed E-state index contributed by atoms with van der Waals surface area (Å²) >= 11 is 0. The minimum atomic E-state index is -0.532. The molecular formula is C15H24N4O4. The van der Waals surface area contributed by atoms with Crippen LogP contribution in [-0.4, -0.2) is 33.7 Å². The van der Waals surface area contributed by atoms with Gasteiger partial charge in [0.15, 0.2) is 0 Å². The minimum Gasteiger partial charge on any atom is -0.318 e. The highest BCUT2D eigenvalue weighted by Gasteiger charge is 2.20. The number of hydrazine groups is 1. The number of hydroxylamine groups is 2. The van der Waals surface area contributed by atoms with E-state index in [0.29, 0.717) is 17.2 Å². The monoisotopic (exact) mass is 324 g/mol. The molecule has 0 saturated heterocycles. The van der Waals surface area contributed by atoms with E-state index in [0.717, 1.165) is 19.3 Å². The summed E-state index contributed by atoms with van der Waals surface area (Å²) in [6.07, 6.45) is 5.22. The molecule has 128 valence electrons. The lowest BCUT2D eigenvalue weighted by molar-refractivity contribution is -0.154. The number of anilines is 1. The maximum atomic E-state index is 12.2. The third kappa shape index (κ3) is 6.52. The molecule has 0 spiro atoms. The van der Waals surface area contributed by atoms with Crippen molar-refractivity contribution in [3.05, 3.63) is 28.7 Å². The van der Waals surface area contributed by atoms with Gasteiger partial charge in [-0.15, -0.1) is 0 Å². The number of rotatable bonds is 10. The molecule has 1 atom stereocenters. The van der Waals surface area contributed by atoms with Crippen molar-refractivity contribution >= 4 is 18.0 Å². The molecule has 2 amide bonds. The van der Waals surface area contributed by atoms with Gasteiger partial charge in [0.05, 0.1) is 18.2 Å². The summed E-state index contributed by atoms with van der Waals surface area (Å²) in [6, 6.07) is 3.01. The van der Waals surface area contributed by atoms with E-state index in [4.69, 9.17) is 0 Å². The van der Waals surface area contributed by atoms with Crippen molar-refractivity contribution in [3.8, 4) is 0 Å². The van der Waals surface area contributed by atoms with Crippen LogP contribution in [0.3, 0.4) is 0 Å². The van der Waals surface area contributed by atoms with E-state index in [1.54, 1.807) is 19.3 Å². The lowest BCUT2D eigenvalue weighted by Crippen LogP contribution is -2.40. The molecule has 0 saturated carbocycles. The van der Waals surface area contributed by atoms with Gasteiger partial charge in [0, 0.05) is 19.3 Å². The van der Waals surface area contributed by atoms with Gasteiger partial charge in [-0.25, -0.2) is 5.06 Å². The van der Waals surface area contributed by atoms with Crippen molar-refractivity contribution in [2.45, 2.75) is 32.6 Å². The highest BCUT2D eigenvalue weighted by Crippen LogP contribution is 2.11. The number of carbonyl (C=O) groups excluding carboxylic acids is 2. The Morgan fingerprint density at radius 1 is 1.48 bits per heavy atom. The lowest BCUT2D eigenvalue weighted by Gasteiger charge is -2.20. The van der Waals surface area contributed by atoms with E-state index in [2.05, 4.69) is 17.8 Å². The van der Waals surface area contributed by atoms with E-state index in [1.807, 2.05) is 0 Å². The summed E-state index contributed by atoms with van der Waals surface area (Å²) in [5.41, 5.74) is 5.44. The zero-order valence-corrected chi connectivity index (χ0v) is 13.5. The molecule has 0 bridgehead atoms. The molecule has 0 aliphatic carbocycles. The van der Waals surface area contributed by atoms with Crippen LogP contribution in [-0.2, 0) is 16.6 Å². The van der Waals surface area contributed by atoms with Crippen molar-refractivity contribution in [2.24, 2.45) is 13.0 Å². The third-order valence-electron chi connectivity index (χ3n) is 3.49. The maximum Gasteiger partial charge on any atom is 0.252 e. The average Bonchev–Trinajstić information content (AvgIpc) is 2.54. The van der Waals surface area contributed by atoms with Crippen LogP contribution in [0.15, 0.2) is 23.1 Å². The van der Waals surface area contributed by atoms with E-state index in [-0.39, 0.29) is 24.4 Å². The van der Waals surface area contributed by atoms with Crippen molar-refractivity contribution in [2.75, 3.05) is 12.0 Å². The molecule has 0 aliphatic rings. The normalized spacial score (nSPS) is 11.6. The van der Waals surface area contributed by atoms with Crippen LogP contribution in [0.2, 0.25) is 0 Å². The summed E-state index contributed by atoms with van der Waals surface area (Å²) in [5.74, 6) is -0.876. The number of carbonyl (C=O) groups is 2. The van der Waals surface area contributed by atoms with E-state index in [9.17, 15) is 19.6 Å². The first-order valence-corrected chi connectivity index (χ1v) is 7.61. The van der Waals surface area contributed by atoms with Crippen LogP contribution in [0.4, 0.5) is 5.69 Å². The number of aromatic nitrogens is 1. The van der Waals surface area contributed by atoms with Crippen LogP contribution < -0.4 is 16.4 Å². The molecule has 0 fully saturated rings. The smallest absolute Gasteiger partial charge is 0.252 e. The summed E-state index contributed by atoms with van der Waals surface area (Å²) in [7, 11) is 1.63. The molecule has 8 heteroatoms. The minimum absolute atomic E-state index is 0.0721. The maximum absolute atomic E-state index is 12.2. The SMILES string of the molecule is CCCCCC(CN(O)C=O)C(=O)NNc1ccn(C)c(=O)c1. The van der Waals surface area contributed by atoms with Gasteiger partial charge in [0.25, 0.3) is 5.56 Å². The molecule has 3 N–H and O–H groups in total. The third-order valence-corrected chi connectivity index (χ3v) is 3.49. The Morgan fingerprint density at radius 3 is 2.83 bits per heavy atom. The van der Waals surface area contributed by atoms with E-state index in [1.165, 1.54) is 10.6 Å². The molecule has 1 heterocycles.